The Labute approximate surface area is 107 Å². The molecule has 0 radical (unpaired) electrons. The van der Waals surface area contributed by atoms with Gasteiger partial charge in [-0.2, -0.15) is 0 Å². The summed E-state index contributed by atoms with van der Waals surface area (Å²) in [5, 5.41) is 11.4. The molecule has 0 heterocycles. The fourth-order valence-corrected chi connectivity index (χ4v) is 2.74. The first-order valence-electron chi connectivity index (χ1n) is 6.50. The van der Waals surface area contributed by atoms with Crippen molar-refractivity contribution in [3.05, 3.63) is 42.0 Å². The van der Waals surface area contributed by atoms with Gasteiger partial charge in [-0.3, -0.25) is 0 Å². The minimum absolute atomic E-state index is 0.311. The molecule has 2 heteroatoms. The third-order valence-electron chi connectivity index (χ3n) is 3.92. The predicted octanol–water partition coefficient (Wildman–Crippen LogP) is 3.33. The lowest BCUT2D eigenvalue weighted by molar-refractivity contribution is 0.279. The van der Waals surface area contributed by atoms with E-state index in [-0.39, 0.29) is 0 Å². The summed E-state index contributed by atoms with van der Waals surface area (Å²) in [5.74, 6) is 2.24. The summed E-state index contributed by atoms with van der Waals surface area (Å²) in [4.78, 5) is 0. The maximum absolute atomic E-state index is 8.96. The highest BCUT2D eigenvalue weighted by Crippen LogP contribution is 2.49. The Bertz CT molecular complexity index is 562. The predicted molar refractivity (Wildman–Crippen MR) is 73.1 cm³/mol. The molecule has 0 amide bonds. The Hall–Kier alpha value is -1.54. The normalized spacial score (nSPS) is 22.1. The summed E-state index contributed by atoms with van der Waals surface area (Å²) in [7, 11) is 1.69. The van der Waals surface area contributed by atoms with E-state index in [1.54, 1.807) is 7.11 Å². The first-order valence-corrected chi connectivity index (χ1v) is 6.50. The number of benzene rings is 2. The second-order valence-corrected chi connectivity index (χ2v) is 5.09. The number of aliphatic hydroxyl groups is 1. The molecular formula is C16H18O2. The Balaban J connectivity index is 1.88. The van der Waals surface area contributed by atoms with E-state index >= 15 is 0 Å². The molecule has 1 N–H and O–H groups in total. The van der Waals surface area contributed by atoms with Gasteiger partial charge in [0, 0.05) is 6.61 Å². The van der Waals surface area contributed by atoms with E-state index in [1.807, 2.05) is 6.07 Å². The van der Waals surface area contributed by atoms with Gasteiger partial charge < -0.3 is 9.84 Å². The summed E-state index contributed by atoms with van der Waals surface area (Å²) in [6.45, 7) is 0.311. The largest absolute Gasteiger partial charge is 0.497 e. The highest BCUT2D eigenvalue weighted by Gasteiger charge is 2.37. The van der Waals surface area contributed by atoms with Crippen molar-refractivity contribution in [1.82, 2.24) is 0 Å². The molecule has 0 spiro atoms. The van der Waals surface area contributed by atoms with Crippen molar-refractivity contribution < 1.29 is 9.84 Å². The summed E-state index contributed by atoms with van der Waals surface area (Å²) in [6, 6.07) is 12.8. The van der Waals surface area contributed by atoms with Crippen molar-refractivity contribution in [3.63, 3.8) is 0 Å². The van der Waals surface area contributed by atoms with Crippen LogP contribution in [0.15, 0.2) is 36.4 Å². The molecule has 18 heavy (non-hydrogen) atoms. The maximum Gasteiger partial charge on any atom is 0.119 e. The van der Waals surface area contributed by atoms with Crippen molar-refractivity contribution in [2.24, 2.45) is 5.92 Å². The number of rotatable bonds is 4. The topological polar surface area (TPSA) is 29.5 Å². The summed E-state index contributed by atoms with van der Waals surface area (Å²) in [5.41, 5.74) is 1.41. The van der Waals surface area contributed by atoms with Crippen LogP contribution in [0, 0.1) is 5.92 Å². The van der Waals surface area contributed by atoms with Gasteiger partial charge in [0.1, 0.15) is 5.75 Å². The van der Waals surface area contributed by atoms with Gasteiger partial charge in [-0.15, -0.1) is 0 Å². The van der Waals surface area contributed by atoms with Gasteiger partial charge in [0.25, 0.3) is 0 Å². The lowest BCUT2D eigenvalue weighted by Crippen LogP contribution is -1.88. The molecule has 1 aliphatic carbocycles. The Morgan fingerprint density at radius 2 is 1.94 bits per heavy atom. The number of fused-ring (bicyclic) bond motifs is 1. The summed E-state index contributed by atoms with van der Waals surface area (Å²) >= 11 is 0. The molecule has 0 bridgehead atoms. The monoisotopic (exact) mass is 242 g/mol. The molecule has 3 rings (SSSR count). The second-order valence-electron chi connectivity index (χ2n) is 5.09. The zero-order valence-electron chi connectivity index (χ0n) is 10.6. The molecule has 1 fully saturated rings. The van der Waals surface area contributed by atoms with Gasteiger partial charge in [-0.25, -0.2) is 0 Å². The Morgan fingerprint density at radius 1 is 1.17 bits per heavy atom. The van der Waals surface area contributed by atoms with Gasteiger partial charge in [0.05, 0.1) is 7.11 Å². The zero-order chi connectivity index (χ0) is 12.5. The average molecular weight is 242 g/mol. The van der Waals surface area contributed by atoms with Crippen molar-refractivity contribution in [1.29, 1.82) is 0 Å². The van der Waals surface area contributed by atoms with Crippen LogP contribution in [0.4, 0.5) is 0 Å². The quantitative estimate of drug-likeness (QED) is 0.891. The van der Waals surface area contributed by atoms with Crippen LogP contribution in [-0.4, -0.2) is 18.8 Å². The molecule has 0 unspecified atom stereocenters. The minimum atomic E-state index is 0.311. The number of hydrogen-bond donors (Lipinski definition) is 1. The fraction of sp³-hybridized carbons (Fsp3) is 0.375. The van der Waals surface area contributed by atoms with Crippen LogP contribution >= 0.6 is 0 Å². The zero-order valence-corrected chi connectivity index (χ0v) is 10.6. The lowest BCUT2D eigenvalue weighted by atomic mass is 10.0. The molecule has 0 saturated heterocycles. The number of hydrogen-bond acceptors (Lipinski definition) is 2. The van der Waals surface area contributed by atoms with E-state index in [2.05, 4.69) is 30.3 Å². The maximum atomic E-state index is 8.96. The Morgan fingerprint density at radius 3 is 2.72 bits per heavy atom. The van der Waals surface area contributed by atoms with Gasteiger partial charge in [0.15, 0.2) is 0 Å². The van der Waals surface area contributed by atoms with Crippen LogP contribution in [0.2, 0.25) is 0 Å². The molecule has 1 saturated carbocycles. The van der Waals surface area contributed by atoms with Crippen molar-refractivity contribution in [3.8, 4) is 5.75 Å². The SMILES string of the molecule is COc1ccc2cc([C@H]3C[C@@H]3CCO)ccc2c1. The average Bonchev–Trinajstić information content (AvgIpc) is 3.17. The van der Waals surface area contributed by atoms with Crippen LogP contribution < -0.4 is 4.74 Å². The summed E-state index contributed by atoms with van der Waals surface area (Å²) in [6.07, 6.45) is 2.16. The summed E-state index contributed by atoms with van der Waals surface area (Å²) < 4.78 is 5.23. The molecule has 2 aromatic carbocycles. The fourth-order valence-electron chi connectivity index (χ4n) is 2.74. The first-order chi connectivity index (χ1) is 8.81. The number of methoxy groups -OCH3 is 1. The van der Waals surface area contributed by atoms with Crippen LogP contribution in [-0.2, 0) is 0 Å². The molecule has 0 aliphatic heterocycles. The Kier molecular flexibility index (Phi) is 2.96. The van der Waals surface area contributed by atoms with E-state index in [4.69, 9.17) is 9.84 Å². The van der Waals surface area contributed by atoms with Crippen LogP contribution in [0.5, 0.6) is 5.75 Å². The van der Waals surface area contributed by atoms with Crippen molar-refractivity contribution in [2.45, 2.75) is 18.8 Å². The highest BCUT2D eigenvalue weighted by molar-refractivity contribution is 5.84. The number of aliphatic hydroxyl groups excluding tert-OH is 1. The van der Waals surface area contributed by atoms with Gasteiger partial charge in [-0.05, 0) is 53.1 Å². The van der Waals surface area contributed by atoms with Crippen LogP contribution in [0.25, 0.3) is 10.8 Å². The van der Waals surface area contributed by atoms with E-state index in [0.29, 0.717) is 18.4 Å². The molecule has 2 nitrogen and oxygen atoms in total. The van der Waals surface area contributed by atoms with E-state index in [9.17, 15) is 0 Å². The lowest BCUT2D eigenvalue weighted by Gasteiger charge is -2.05. The third-order valence-corrected chi connectivity index (χ3v) is 3.92. The molecular weight excluding hydrogens is 224 g/mol. The van der Waals surface area contributed by atoms with Gasteiger partial charge in [-0.1, -0.05) is 24.3 Å². The molecule has 2 atom stereocenters. The smallest absolute Gasteiger partial charge is 0.119 e. The van der Waals surface area contributed by atoms with Gasteiger partial charge in [0.2, 0.25) is 0 Å². The van der Waals surface area contributed by atoms with Crippen molar-refractivity contribution in [2.75, 3.05) is 13.7 Å². The van der Waals surface area contributed by atoms with Crippen LogP contribution in [0.3, 0.4) is 0 Å². The highest BCUT2D eigenvalue weighted by atomic mass is 16.5. The number of ether oxygens (including phenoxy) is 1. The molecule has 1 aliphatic rings. The molecule has 2 aromatic rings. The first kappa shape index (κ1) is 11.5. The van der Waals surface area contributed by atoms with E-state index in [1.165, 1.54) is 22.8 Å². The third kappa shape index (κ3) is 2.08. The minimum Gasteiger partial charge on any atom is -0.497 e. The second kappa shape index (κ2) is 4.62. The molecule has 94 valence electrons. The van der Waals surface area contributed by atoms with E-state index in [0.717, 1.165) is 12.2 Å². The van der Waals surface area contributed by atoms with E-state index < -0.39 is 0 Å². The molecule has 0 aromatic heterocycles. The van der Waals surface area contributed by atoms with Crippen LogP contribution in [0.1, 0.15) is 24.3 Å². The standard InChI is InChI=1S/C16H18O2/c1-18-15-5-4-11-8-13(3-2-12(11)9-15)16-10-14(16)6-7-17/h2-5,8-9,14,16-17H,6-7,10H2,1H3/t14-,16+/m0/s1. The van der Waals surface area contributed by atoms with Gasteiger partial charge >= 0.3 is 0 Å². The van der Waals surface area contributed by atoms with Crippen molar-refractivity contribution >= 4 is 10.8 Å².